The van der Waals surface area contributed by atoms with Gasteiger partial charge in [0.05, 0.1) is 5.52 Å². The van der Waals surface area contributed by atoms with Crippen LogP contribution in [0.4, 0.5) is 5.82 Å². The summed E-state index contributed by atoms with van der Waals surface area (Å²) < 4.78 is 0. The van der Waals surface area contributed by atoms with Crippen LogP contribution in [0.1, 0.15) is 32.8 Å². The zero-order valence-corrected chi connectivity index (χ0v) is 14.7. The third-order valence-electron chi connectivity index (χ3n) is 4.64. The van der Waals surface area contributed by atoms with Crippen molar-refractivity contribution in [2.24, 2.45) is 11.3 Å². The van der Waals surface area contributed by atoms with Crippen LogP contribution in [-0.2, 0) is 5.33 Å². The fourth-order valence-electron chi connectivity index (χ4n) is 3.18. The summed E-state index contributed by atoms with van der Waals surface area (Å²) in [5, 5.41) is 2.08. The summed E-state index contributed by atoms with van der Waals surface area (Å²) in [5.41, 5.74) is 2.76. The fraction of sp³-hybridized carbons (Fsp3) is 0.500. The van der Waals surface area contributed by atoms with Crippen molar-refractivity contribution in [3.8, 4) is 0 Å². The van der Waals surface area contributed by atoms with Crippen molar-refractivity contribution < 1.29 is 0 Å². The Hall–Kier alpha value is -1.09. The number of nitrogens with zero attached hydrogens (tertiary/aromatic N) is 2. The first-order chi connectivity index (χ1) is 9.99. The maximum absolute atomic E-state index is 4.94. The average molecular weight is 347 g/mol. The summed E-state index contributed by atoms with van der Waals surface area (Å²) in [6.07, 6.45) is 1.26. The Morgan fingerprint density at radius 2 is 2.05 bits per heavy atom. The summed E-state index contributed by atoms with van der Waals surface area (Å²) in [6, 6.07) is 10.7. The maximum atomic E-state index is 4.94. The summed E-state index contributed by atoms with van der Waals surface area (Å²) in [7, 11) is 0. The standard InChI is InChI=1S/C18H23BrN2/c1-18(2,3)15-8-9-21(12-15)17-14(11-19)10-13-6-4-5-7-16(13)20-17/h4-7,10,15H,8-9,11-12H2,1-3H3. The van der Waals surface area contributed by atoms with Crippen molar-refractivity contribution in [3.05, 3.63) is 35.9 Å². The largest absolute Gasteiger partial charge is 0.356 e. The van der Waals surface area contributed by atoms with Gasteiger partial charge in [-0.1, -0.05) is 54.9 Å². The van der Waals surface area contributed by atoms with E-state index in [0.29, 0.717) is 5.41 Å². The Balaban J connectivity index is 1.97. The van der Waals surface area contributed by atoms with Crippen molar-refractivity contribution in [3.63, 3.8) is 0 Å². The number of hydrogen-bond donors (Lipinski definition) is 0. The average Bonchev–Trinajstić information content (AvgIpc) is 2.95. The van der Waals surface area contributed by atoms with Gasteiger partial charge < -0.3 is 4.90 Å². The smallest absolute Gasteiger partial charge is 0.133 e. The van der Waals surface area contributed by atoms with Gasteiger partial charge in [-0.2, -0.15) is 0 Å². The number of hydrogen-bond acceptors (Lipinski definition) is 2. The summed E-state index contributed by atoms with van der Waals surface area (Å²) >= 11 is 3.63. The number of rotatable bonds is 2. The zero-order chi connectivity index (χ0) is 15.0. The van der Waals surface area contributed by atoms with Crippen molar-refractivity contribution in [1.29, 1.82) is 0 Å². The number of benzene rings is 1. The lowest BCUT2D eigenvalue weighted by molar-refractivity contribution is 0.263. The van der Waals surface area contributed by atoms with Gasteiger partial charge in [0.1, 0.15) is 5.82 Å². The highest BCUT2D eigenvalue weighted by Gasteiger charge is 2.33. The van der Waals surface area contributed by atoms with Crippen molar-refractivity contribution in [2.75, 3.05) is 18.0 Å². The number of pyridine rings is 1. The van der Waals surface area contributed by atoms with Crippen LogP contribution in [0.3, 0.4) is 0 Å². The molecule has 112 valence electrons. The van der Waals surface area contributed by atoms with E-state index in [1.165, 1.54) is 17.4 Å². The second-order valence-corrected chi connectivity index (χ2v) is 7.66. The molecule has 1 unspecified atom stereocenters. The van der Waals surface area contributed by atoms with Gasteiger partial charge in [-0.05, 0) is 29.9 Å². The first-order valence-electron chi connectivity index (χ1n) is 7.68. The normalized spacial score (nSPS) is 19.4. The topological polar surface area (TPSA) is 16.1 Å². The molecule has 2 nitrogen and oxygen atoms in total. The minimum absolute atomic E-state index is 0.375. The Morgan fingerprint density at radius 3 is 2.71 bits per heavy atom. The molecule has 2 aromatic rings. The predicted molar refractivity (Wildman–Crippen MR) is 94.1 cm³/mol. The molecule has 1 atom stereocenters. The predicted octanol–water partition coefficient (Wildman–Crippen LogP) is 5.00. The quantitative estimate of drug-likeness (QED) is 0.711. The van der Waals surface area contributed by atoms with Crippen LogP contribution < -0.4 is 4.90 Å². The van der Waals surface area contributed by atoms with Crippen LogP contribution in [0.2, 0.25) is 0 Å². The molecule has 0 radical (unpaired) electrons. The second kappa shape index (κ2) is 5.60. The van der Waals surface area contributed by atoms with Crippen LogP contribution in [0.15, 0.2) is 30.3 Å². The Morgan fingerprint density at radius 1 is 1.29 bits per heavy atom. The van der Waals surface area contributed by atoms with Gasteiger partial charge in [0.15, 0.2) is 0 Å². The molecule has 1 aliphatic heterocycles. The Labute approximate surface area is 135 Å². The van der Waals surface area contributed by atoms with Gasteiger partial charge in [-0.3, -0.25) is 0 Å². The molecular formula is C18H23BrN2. The van der Waals surface area contributed by atoms with E-state index in [4.69, 9.17) is 4.98 Å². The van der Waals surface area contributed by atoms with Crippen LogP contribution >= 0.6 is 15.9 Å². The molecule has 0 bridgehead atoms. The first kappa shape index (κ1) is 14.8. The number of para-hydroxylation sites is 1. The van der Waals surface area contributed by atoms with E-state index in [9.17, 15) is 0 Å². The van der Waals surface area contributed by atoms with E-state index in [1.54, 1.807) is 0 Å². The van der Waals surface area contributed by atoms with E-state index < -0.39 is 0 Å². The molecule has 1 saturated heterocycles. The van der Waals surface area contributed by atoms with Gasteiger partial charge in [0, 0.05) is 29.4 Å². The highest BCUT2D eigenvalue weighted by Crippen LogP contribution is 2.37. The number of anilines is 1. The molecule has 3 heteroatoms. The van der Waals surface area contributed by atoms with Gasteiger partial charge in [0.25, 0.3) is 0 Å². The third kappa shape index (κ3) is 2.94. The number of fused-ring (bicyclic) bond motifs is 1. The Kier molecular flexibility index (Phi) is 3.96. The molecule has 0 spiro atoms. The molecule has 1 aromatic heterocycles. The minimum Gasteiger partial charge on any atom is -0.356 e. The highest BCUT2D eigenvalue weighted by molar-refractivity contribution is 9.08. The zero-order valence-electron chi connectivity index (χ0n) is 13.1. The molecule has 21 heavy (non-hydrogen) atoms. The fourth-order valence-corrected chi connectivity index (χ4v) is 3.59. The Bertz CT molecular complexity index is 645. The molecule has 2 heterocycles. The lowest BCUT2D eigenvalue weighted by Gasteiger charge is -2.27. The van der Waals surface area contributed by atoms with Gasteiger partial charge in [-0.15, -0.1) is 0 Å². The van der Waals surface area contributed by atoms with E-state index in [-0.39, 0.29) is 0 Å². The van der Waals surface area contributed by atoms with Crippen LogP contribution in [0, 0.1) is 11.3 Å². The second-order valence-electron chi connectivity index (χ2n) is 7.10. The van der Waals surface area contributed by atoms with Gasteiger partial charge >= 0.3 is 0 Å². The van der Waals surface area contributed by atoms with Crippen molar-refractivity contribution in [2.45, 2.75) is 32.5 Å². The maximum Gasteiger partial charge on any atom is 0.133 e. The molecule has 1 aromatic carbocycles. The molecule has 0 N–H and O–H groups in total. The summed E-state index contributed by atoms with van der Waals surface area (Å²) in [6.45, 7) is 9.28. The van der Waals surface area contributed by atoms with E-state index in [0.717, 1.165) is 35.7 Å². The van der Waals surface area contributed by atoms with Crippen LogP contribution in [-0.4, -0.2) is 18.1 Å². The molecule has 3 rings (SSSR count). The SMILES string of the molecule is CC(C)(C)C1CCN(c2nc3ccccc3cc2CBr)C1. The van der Waals surface area contributed by atoms with Crippen molar-refractivity contribution in [1.82, 2.24) is 4.98 Å². The van der Waals surface area contributed by atoms with Crippen LogP contribution in [0.25, 0.3) is 10.9 Å². The number of alkyl halides is 1. The number of halogens is 1. The van der Waals surface area contributed by atoms with Gasteiger partial charge in [-0.25, -0.2) is 4.98 Å². The molecule has 1 aliphatic rings. The lowest BCUT2D eigenvalue weighted by Crippen LogP contribution is -2.27. The lowest BCUT2D eigenvalue weighted by atomic mass is 9.80. The molecule has 0 amide bonds. The monoisotopic (exact) mass is 346 g/mol. The van der Waals surface area contributed by atoms with E-state index in [1.807, 2.05) is 0 Å². The number of aromatic nitrogens is 1. The first-order valence-corrected chi connectivity index (χ1v) is 8.81. The summed E-state index contributed by atoms with van der Waals surface area (Å²) in [4.78, 5) is 7.41. The molecule has 1 fully saturated rings. The molecule has 0 aliphatic carbocycles. The highest BCUT2D eigenvalue weighted by atomic mass is 79.9. The van der Waals surface area contributed by atoms with Crippen molar-refractivity contribution >= 4 is 32.7 Å². The van der Waals surface area contributed by atoms with Crippen LogP contribution in [0.5, 0.6) is 0 Å². The third-order valence-corrected chi connectivity index (χ3v) is 5.24. The molecule has 0 saturated carbocycles. The summed E-state index contributed by atoms with van der Waals surface area (Å²) in [5.74, 6) is 1.91. The minimum atomic E-state index is 0.375. The molecular weight excluding hydrogens is 324 g/mol. The van der Waals surface area contributed by atoms with E-state index >= 15 is 0 Å². The van der Waals surface area contributed by atoms with E-state index in [2.05, 4.69) is 71.9 Å². The van der Waals surface area contributed by atoms with Gasteiger partial charge in [0.2, 0.25) is 0 Å².